The number of amides is 1. The van der Waals surface area contributed by atoms with Gasteiger partial charge in [0.05, 0.1) is 17.3 Å². The summed E-state index contributed by atoms with van der Waals surface area (Å²) in [6.07, 6.45) is 0.627. The van der Waals surface area contributed by atoms with E-state index < -0.39 is 29.4 Å². The van der Waals surface area contributed by atoms with E-state index in [4.69, 9.17) is 4.74 Å². The summed E-state index contributed by atoms with van der Waals surface area (Å²) in [5.41, 5.74) is 1.98. The van der Waals surface area contributed by atoms with Gasteiger partial charge in [0, 0.05) is 18.1 Å². The number of fused-ring (bicyclic) bond motifs is 1. The number of ether oxygens (including phenoxy) is 1. The maximum Gasteiger partial charge on any atom is 0.300 e. The minimum atomic E-state index is -1.14. The van der Waals surface area contributed by atoms with Gasteiger partial charge >= 0.3 is 0 Å². The smallest absolute Gasteiger partial charge is 0.300 e. The maximum atomic E-state index is 14.8. The highest BCUT2D eigenvalue weighted by Crippen LogP contribution is 2.43. The van der Waals surface area contributed by atoms with Crippen LogP contribution in [-0.4, -0.2) is 22.9 Å². The second kappa shape index (κ2) is 8.09. The average molecular weight is 461 g/mol. The van der Waals surface area contributed by atoms with E-state index in [1.54, 1.807) is 36.4 Å². The SMILES string of the molecule is Cc1cccc(C2/C(=C(/O)c3ccc4c(c3)CC(C)O4)C(=O)C(=O)N2c2cc(F)ccc2F)c1. The summed E-state index contributed by atoms with van der Waals surface area (Å²) in [5.74, 6) is -3.32. The molecule has 3 aromatic rings. The third-order valence-corrected chi connectivity index (χ3v) is 6.14. The second-order valence-corrected chi connectivity index (χ2v) is 8.63. The van der Waals surface area contributed by atoms with Crippen LogP contribution in [0.4, 0.5) is 14.5 Å². The Labute approximate surface area is 194 Å². The fraction of sp³-hybridized carbons (Fsp3) is 0.185. The highest BCUT2D eigenvalue weighted by molar-refractivity contribution is 6.51. The summed E-state index contributed by atoms with van der Waals surface area (Å²) < 4.78 is 34.5. The van der Waals surface area contributed by atoms with Crippen molar-refractivity contribution in [1.29, 1.82) is 0 Å². The molecule has 1 amide bonds. The second-order valence-electron chi connectivity index (χ2n) is 8.63. The Bertz CT molecular complexity index is 1380. The molecule has 2 aliphatic heterocycles. The lowest BCUT2D eigenvalue weighted by atomic mass is 9.93. The van der Waals surface area contributed by atoms with Gasteiger partial charge in [-0.15, -0.1) is 0 Å². The van der Waals surface area contributed by atoms with Crippen LogP contribution in [-0.2, 0) is 16.0 Å². The van der Waals surface area contributed by atoms with E-state index in [1.165, 1.54) is 0 Å². The molecular weight excluding hydrogens is 440 g/mol. The number of rotatable bonds is 3. The number of hydrogen-bond donors (Lipinski definition) is 1. The summed E-state index contributed by atoms with van der Waals surface area (Å²) in [6.45, 7) is 3.76. The molecule has 2 aliphatic rings. The van der Waals surface area contributed by atoms with Crippen molar-refractivity contribution < 1.29 is 28.2 Å². The van der Waals surface area contributed by atoms with Crippen LogP contribution in [0.1, 0.15) is 35.2 Å². The largest absolute Gasteiger partial charge is 0.507 e. The Hall–Kier alpha value is -4.00. The first kappa shape index (κ1) is 21.8. The van der Waals surface area contributed by atoms with Crippen LogP contribution in [0.5, 0.6) is 5.75 Å². The molecule has 2 heterocycles. The molecule has 172 valence electrons. The monoisotopic (exact) mass is 461 g/mol. The molecule has 34 heavy (non-hydrogen) atoms. The van der Waals surface area contributed by atoms with Crippen molar-refractivity contribution in [2.45, 2.75) is 32.4 Å². The van der Waals surface area contributed by atoms with Gasteiger partial charge in [-0.1, -0.05) is 29.8 Å². The number of anilines is 1. The van der Waals surface area contributed by atoms with E-state index >= 15 is 0 Å². The molecule has 0 bridgehead atoms. The lowest BCUT2D eigenvalue weighted by Gasteiger charge is -2.26. The molecule has 0 aromatic heterocycles. The van der Waals surface area contributed by atoms with Gasteiger partial charge < -0.3 is 9.84 Å². The van der Waals surface area contributed by atoms with Crippen LogP contribution >= 0.6 is 0 Å². The van der Waals surface area contributed by atoms with Crippen molar-refractivity contribution in [2.24, 2.45) is 0 Å². The van der Waals surface area contributed by atoms with Crippen molar-refractivity contribution in [3.63, 3.8) is 0 Å². The lowest BCUT2D eigenvalue weighted by molar-refractivity contribution is -0.132. The van der Waals surface area contributed by atoms with Gasteiger partial charge in [-0.3, -0.25) is 14.5 Å². The van der Waals surface area contributed by atoms with E-state index in [9.17, 15) is 23.5 Å². The Morgan fingerprint density at radius 1 is 1.06 bits per heavy atom. The van der Waals surface area contributed by atoms with Crippen LogP contribution in [0.3, 0.4) is 0 Å². The quantitative estimate of drug-likeness (QED) is 0.330. The van der Waals surface area contributed by atoms with E-state index in [0.717, 1.165) is 34.2 Å². The fourth-order valence-corrected chi connectivity index (χ4v) is 4.63. The number of aryl methyl sites for hydroxylation is 1. The van der Waals surface area contributed by atoms with Gasteiger partial charge in [0.25, 0.3) is 11.7 Å². The Morgan fingerprint density at radius 2 is 1.85 bits per heavy atom. The van der Waals surface area contributed by atoms with Gasteiger partial charge in [-0.25, -0.2) is 8.78 Å². The number of Topliss-reactive ketones (excluding diaryl/α,β-unsaturated/α-hetero) is 1. The van der Waals surface area contributed by atoms with E-state index in [2.05, 4.69) is 0 Å². The van der Waals surface area contributed by atoms with Crippen molar-refractivity contribution in [1.82, 2.24) is 0 Å². The number of carbonyl (C=O) groups is 2. The number of aliphatic hydroxyl groups excluding tert-OH is 1. The molecule has 3 aromatic carbocycles. The molecule has 0 saturated carbocycles. The summed E-state index contributed by atoms with van der Waals surface area (Å²) in [7, 11) is 0. The Kier molecular flexibility index (Phi) is 5.20. The number of aliphatic hydroxyl groups is 1. The Balaban J connectivity index is 1.72. The third-order valence-electron chi connectivity index (χ3n) is 6.14. The molecule has 0 aliphatic carbocycles. The van der Waals surface area contributed by atoms with E-state index in [-0.39, 0.29) is 23.1 Å². The van der Waals surface area contributed by atoms with Crippen molar-refractivity contribution >= 4 is 23.1 Å². The highest BCUT2D eigenvalue weighted by Gasteiger charge is 2.48. The zero-order valence-electron chi connectivity index (χ0n) is 18.5. The molecule has 1 saturated heterocycles. The number of nitrogens with zero attached hydrogens (tertiary/aromatic N) is 1. The van der Waals surface area contributed by atoms with Crippen LogP contribution < -0.4 is 9.64 Å². The summed E-state index contributed by atoms with van der Waals surface area (Å²) >= 11 is 0. The number of benzene rings is 3. The van der Waals surface area contributed by atoms with Crippen molar-refractivity contribution in [3.05, 3.63) is 100 Å². The van der Waals surface area contributed by atoms with E-state index in [1.807, 2.05) is 19.9 Å². The van der Waals surface area contributed by atoms with Crippen molar-refractivity contribution in [3.8, 4) is 5.75 Å². The molecule has 0 radical (unpaired) electrons. The van der Waals surface area contributed by atoms with Gasteiger partial charge in [0.1, 0.15) is 29.2 Å². The maximum absolute atomic E-state index is 14.8. The lowest BCUT2D eigenvalue weighted by Crippen LogP contribution is -2.30. The molecule has 5 rings (SSSR count). The summed E-state index contributed by atoms with van der Waals surface area (Å²) in [4.78, 5) is 27.3. The molecule has 0 spiro atoms. The third kappa shape index (κ3) is 3.53. The molecule has 2 unspecified atom stereocenters. The normalized spacial score (nSPS) is 21.0. The molecule has 5 nitrogen and oxygen atoms in total. The predicted octanol–water partition coefficient (Wildman–Crippen LogP) is 5.22. The van der Waals surface area contributed by atoms with Gasteiger partial charge in [-0.05, 0) is 55.3 Å². The standard InChI is InChI=1S/C27H21F2NO4/c1-14-4-3-5-16(10-14)24-23(25(31)17-6-9-22-18(12-17)11-15(2)34-22)26(32)27(33)30(24)21-13-19(28)7-8-20(21)29/h3-10,12-13,15,24,31H,11H2,1-2H3/b25-23-. The number of hydrogen-bond acceptors (Lipinski definition) is 4. The topological polar surface area (TPSA) is 66.8 Å². The predicted molar refractivity (Wildman–Crippen MR) is 123 cm³/mol. The van der Waals surface area contributed by atoms with Crippen LogP contribution in [0.15, 0.2) is 66.2 Å². The Morgan fingerprint density at radius 3 is 2.62 bits per heavy atom. The van der Waals surface area contributed by atoms with Crippen LogP contribution in [0.2, 0.25) is 0 Å². The average Bonchev–Trinajstić information content (AvgIpc) is 3.30. The number of carbonyl (C=O) groups excluding carboxylic acids is 2. The van der Waals surface area contributed by atoms with E-state index in [0.29, 0.717) is 23.3 Å². The first-order chi connectivity index (χ1) is 16.2. The van der Waals surface area contributed by atoms with Gasteiger partial charge in [0.2, 0.25) is 0 Å². The fourth-order valence-electron chi connectivity index (χ4n) is 4.63. The summed E-state index contributed by atoms with van der Waals surface area (Å²) in [5, 5.41) is 11.3. The minimum absolute atomic E-state index is 0.0128. The zero-order chi connectivity index (χ0) is 24.1. The molecule has 1 N–H and O–H groups in total. The van der Waals surface area contributed by atoms with Crippen molar-refractivity contribution in [2.75, 3.05) is 4.90 Å². The number of ketones is 1. The zero-order valence-corrected chi connectivity index (χ0v) is 18.5. The minimum Gasteiger partial charge on any atom is -0.507 e. The molecule has 7 heteroatoms. The van der Waals surface area contributed by atoms with Crippen LogP contribution in [0.25, 0.3) is 5.76 Å². The first-order valence-corrected chi connectivity index (χ1v) is 10.9. The van der Waals surface area contributed by atoms with Crippen LogP contribution in [0, 0.1) is 18.6 Å². The molecule has 1 fully saturated rings. The van der Waals surface area contributed by atoms with Gasteiger partial charge in [-0.2, -0.15) is 0 Å². The summed E-state index contributed by atoms with van der Waals surface area (Å²) in [6, 6.07) is 13.6. The molecule has 2 atom stereocenters. The number of halogens is 2. The molecular formula is C27H21F2NO4. The van der Waals surface area contributed by atoms with Gasteiger partial charge in [0.15, 0.2) is 0 Å². The highest BCUT2D eigenvalue weighted by atomic mass is 19.1. The first-order valence-electron chi connectivity index (χ1n) is 10.9.